The summed E-state index contributed by atoms with van der Waals surface area (Å²) in [6.07, 6.45) is 1.85. The number of rotatable bonds is 2. The molecule has 1 fully saturated rings. The molecular weight excluding hydrogens is 462 g/mol. The van der Waals surface area contributed by atoms with Crippen molar-refractivity contribution in [3.05, 3.63) is 57.8 Å². The Labute approximate surface area is 204 Å². The lowest BCUT2D eigenvalue weighted by Gasteiger charge is -2.27. The summed E-state index contributed by atoms with van der Waals surface area (Å²) in [6, 6.07) is 9.11. The Morgan fingerprint density at radius 2 is 1.86 bits per heavy atom. The first-order valence-corrected chi connectivity index (χ1v) is 12.0. The second-order valence-corrected chi connectivity index (χ2v) is 9.87. The summed E-state index contributed by atoms with van der Waals surface area (Å²) in [5.74, 6) is 0.324. The maximum atomic E-state index is 13.4. The third-order valence-electron chi connectivity index (χ3n) is 7.81. The van der Waals surface area contributed by atoms with Crippen LogP contribution >= 0.6 is 0 Å². The number of aromatic nitrogens is 4. The van der Waals surface area contributed by atoms with Crippen LogP contribution in [-0.2, 0) is 35.5 Å². The van der Waals surface area contributed by atoms with E-state index in [0.717, 1.165) is 33.2 Å². The highest BCUT2D eigenvalue weighted by Gasteiger charge is 2.54. The third-order valence-corrected chi connectivity index (χ3v) is 7.81. The average molecular weight is 486 g/mol. The number of nitrogens with one attached hydrogen (secondary N) is 3. The van der Waals surface area contributed by atoms with E-state index in [0.29, 0.717) is 43.7 Å². The predicted octanol–water partition coefficient (Wildman–Crippen LogP) is 1.48. The van der Waals surface area contributed by atoms with Gasteiger partial charge >= 0.3 is 11.7 Å². The number of carbonyl (C=O) groups excluding carboxylic acids is 3. The molecule has 11 heteroatoms. The molecule has 0 radical (unpaired) electrons. The third kappa shape index (κ3) is 2.76. The van der Waals surface area contributed by atoms with Gasteiger partial charge in [0.2, 0.25) is 5.91 Å². The molecule has 2 aromatic carbocycles. The molecule has 4 heterocycles. The maximum Gasteiger partial charge on any atom is 0.329 e. The molecule has 7 rings (SSSR count). The highest BCUT2D eigenvalue weighted by molar-refractivity contribution is 6.08. The van der Waals surface area contributed by atoms with Gasteiger partial charge in [-0.1, -0.05) is 6.07 Å². The number of nitrogens with zero attached hydrogens (tertiary/aromatic N) is 4. The standard InChI is InChI=1S/C25H23N7O4/c1-30-23(35)29-22(34)25(30)10-13-8-16-17(9-14(13)11-25)27-19(26-16)12-32-18-5-2-4-15-21(18)31(24(32)36)7-3-6-20(33)28-15/h2,4-5,8-9H,3,6-7,10-12H2,1H3,(H,26,27)(H,28,33)(H,29,34,35). The fraction of sp³-hybridized carbons (Fsp3) is 0.320. The fourth-order valence-electron chi connectivity index (χ4n) is 5.93. The van der Waals surface area contributed by atoms with Crippen LogP contribution in [0, 0.1) is 0 Å². The zero-order valence-electron chi connectivity index (χ0n) is 19.6. The van der Waals surface area contributed by atoms with Gasteiger partial charge < -0.3 is 15.2 Å². The smallest absolute Gasteiger partial charge is 0.329 e. The molecule has 0 bridgehead atoms. The molecule has 4 amide bonds. The zero-order valence-corrected chi connectivity index (χ0v) is 19.6. The first-order valence-electron chi connectivity index (χ1n) is 12.0. The number of imide groups is 1. The summed E-state index contributed by atoms with van der Waals surface area (Å²) in [6.45, 7) is 0.731. The second-order valence-electron chi connectivity index (χ2n) is 9.87. The van der Waals surface area contributed by atoms with E-state index in [1.165, 1.54) is 4.90 Å². The first kappa shape index (κ1) is 20.9. The molecule has 182 valence electrons. The number of amides is 4. The molecule has 1 saturated heterocycles. The number of aryl methyl sites for hydroxylation is 1. The van der Waals surface area contributed by atoms with E-state index >= 15 is 0 Å². The highest BCUT2D eigenvalue weighted by atomic mass is 16.2. The monoisotopic (exact) mass is 485 g/mol. The van der Waals surface area contributed by atoms with E-state index in [-0.39, 0.29) is 30.1 Å². The van der Waals surface area contributed by atoms with Crippen molar-refractivity contribution in [2.45, 2.75) is 44.3 Å². The molecule has 4 aromatic rings. The number of benzene rings is 2. The molecule has 36 heavy (non-hydrogen) atoms. The van der Waals surface area contributed by atoms with Crippen molar-refractivity contribution in [2.24, 2.45) is 0 Å². The van der Waals surface area contributed by atoms with Gasteiger partial charge in [-0.15, -0.1) is 0 Å². The van der Waals surface area contributed by atoms with Gasteiger partial charge in [-0.2, -0.15) is 0 Å². The van der Waals surface area contributed by atoms with Crippen LogP contribution in [0.25, 0.3) is 22.1 Å². The molecular formula is C25H23N7O4. The number of H-pyrrole nitrogens is 1. The van der Waals surface area contributed by atoms with Gasteiger partial charge in [0.25, 0.3) is 5.91 Å². The number of imidazole rings is 2. The maximum absolute atomic E-state index is 13.4. The first-order chi connectivity index (χ1) is 17.3. The largest absolute Gasteiger partial charge is 0.340 e. The lowest BCUT2D eigenvalue weighted by atomic mass is 9.95. The average Bonchev–Trinajstić information content (AvgIpc) is 3.53. The van der Waals surface area contributed by atoms with Crippen LogP contribution in [0.15, 0.2) is 35.1 Å². The minimum Gasteiger partial charge on any atom is -0.340 e. The molecule has 3 aliphatic rings. The second kappa shape index (κ2) is 7.06. The van der Waals surface area contributed by atoms with Gasteiger partial charge in [0, 0.05) is 32.9 Å². The quantitative estimate of drug-likeness (QED) is 0.370. The zero-order chi connectivity index (χ0) is 24.8. The van der Waals surface area contributed by atoms with E-state index in [1.807, 2.05) is 30.3 Å². The van der Waals surface area contributed by atoms with Crippen molar-refractivity contribution in [3.8, 4) is 0 Å². The Hall–Kier alpha value is -4.41. The van der Waals surface area contributed by atoms with Crippen molar-refractivity contribution >= 4 is 45.6 Å². The van der Waals surface area contributed by atoms with Crippen molar-refractivity contribution in [3.63, 3.8) is 0 Å². The van der Waals surface area contributed by atoms with E-state index in [9.17, 15) is 19.2 Å². The van der Waals surface area contributed by atoms with Crippen molar-refractivity contribution in [2.75, 3.05) is 12.4 Å². The van der Waals surface area contributed by atoms with Crippen molar-refractivity contribution < 1.29 is 14.4 Å². The lowest BCUT2D eigenvalue weighted by molar-refractivity contribution is -0.125. The highest BCUT2D eigenvalue weighted by Crippen LogP contribution is 2.38. The van der Waals surface area contributed by atoms with Gasteiger partial charge in [0.1, 0.15) is 11.4 Å². The number of hydrogen-bond donors (Lipinski definition) is 3. The van der Waals surface area contributed by atoms with Gasteiger partial charge in [-0.3, -0.25) is 24.0 Å². The number of carbonyl (C=O) groups is 3. The molecule has 1 aliphatic carbocycles. The Morgan fingerprint density at radius 3 is 2.64 bits per heavy atom. The minimum atomic E-state index is -0.882. The number of urea groups is 1. The van der Waals surface area contributed by atoms with Crippen LogP contribution in [0.1, 0.15) is 29.8 Å². The predicted molar refractivity (Wildman–Crippen MR) is 131 cm³/mol. The number of para-hydroxylation sites is 1. The van der Waals surface area contributed by atoms with Crippen LogP contribution in [0.2, 0.25) is 0 Å². The molecule has 1 atom stereocenters. The Balaban J connectivity index is 1.26. The Morgan fingerprint density at radius 1 is 1.06 bits per heavy atom. The van der Waals surface area contributed by atoms with Crippen LogP contribution in [-0.4, -0.2) is 54.4 Å². The van der Waals surface area contributed by atoms with E-state index in [1.54, 1.807) is 16.2 Å². The number of anilines is 1. The molecule has 2 aliphatic heterocycles. The van der Waals surface area contributed by atoms with Crippen molar-refractivity contribution in [1.82, 2.24) is 29.3 Å². The summed E-state index contributed by atoms with van der Waals surface area (Å²) in [5.41, 5.74) is 4.64. The van der Waals surface area contributed by atoms with Gasteiger partial charge in [0.15, 0.2) is 0 Å². The van der Waals surface area contributed by atoms with Crippen LogP contribution in [0.3, 0.4) is 0 Å². The van der Waals surface area contributed by atoms with E-state index < -0.39 is 5.54 Å². The van der Waals surface area contributed by atoms with E-state index in [2.05, 4.69) is 15.6 Å². The summed E-state index contributed by atoms with van der Waals surface area (Å²) >= 11 is 0. The number of aromatic amines is 1. The van der Waals surface area contributed by atoms with Crippen LogP contribution in [0.5, 0.6) is 0 Å². The molecule has 0 saturated carbocycles. The molecule has 3 N–H and O–H groups in total. The molecule has 1 unspecified atom stereocenters. The topological polar surface area (TPSA) is 134 Å². The summed E-state index contributed by atoms with van der Waals surface area (Å²) in [7, 11) is 1.65. The van der Waals surface area contributed by atoms with Gasteiger partial charge in [0.05, 0.1) is 34.3 Å². The summed E-state index contributed by atoms with van der Waals surface area (Å²) < 4.78 is 3.41. The number of hydrogen-bond acceptors (Lipinski definition) is 5. The van der Waals surface area contributed by atoms with Crippen LogP contribution in [0.4, 0.5) is 10.5 Å². The van der Waals surface area contributed by atoms with Gasteiger partial charge in [-0.05, 0) is 41.8 Å². The SMILES string of the molecule is CN1C(=O)NC(=O)C12Cc1cc3nc(Cn4c(=O)n5c6c(cccc64)NC(=O)CCC5)[nH]c3cc1C2. The molecule has 2 aromatic heterocycles. The molecule has 11 nitrogen and oxygen atoms in total. The van der Waals surface area contributed by atoms with Crippen LogP contribution < -0.4 is 16.3 Å². The van der Waals surface area contributed by atoms with Crippen molar-refractivity contribution in [1.29, 1.82) is 0 Å². The summed E-state index contributed by atoms with van der Waals surface area (Å²) in [5, 5.41) is 5.34. The Kier molecular flexibility index (Phi) is 4.10. The number of fused-ring (bicyclic) bond motifs is 2. The normalized spacial score (nSPS) is 18.6. The molecule has 1 spiro atoms. The summed E-state index contributed by atoms with van der Waals surface area (Å²) in [4.78, 5) is 59.7. The Bertz CT molecular complexity index is 1670. The van der Waals surface area contributed by atoms with Gasteiger partial charge in [-0.25, -0.2) is 14.6 Å². The lowest BCUT2D eigenvalue weighted by Crippen LogP contribution is -2.48. The fourth-order valence-corrected chi connectivity index (χ4v) is 5.93. The van der Waals surface area contributed by atoms with E-state index in [4.69, 9.17) is 4.98 Å². The minimum absolute atomic E-state index is 0.0493. The number of likely N-dealkylation sites (N-methyl/N-ethyl adjacent to an activating group) is 1.